The van der Waals surface area contributed by atoms with Crippen LogP contribution in [0.5, 0.6) is 0 Å². The first-order valence-electron chi connectivity index (χ1n) is 4.14. The maximum absolute atomic E-state index is 5.69. The van der Waals surface area contributed by atoms with E-state index in [2.05, 4.69) is 24.0 Å². The second-order valence-electron chi connectivity index (χ2n) is 3.04. The third-order valence-corrected chi connectivity index (χ3v) is 2.26. The van der Waals surface area contributed by atoms with Crippen LogP contribution in [0, 0.1) is 6.92 Å². The third-order valence-electron chi connectivity index (χ3n) is 2.07. The summed E-state index contributed by atoms with van der Waals surface area (Å²) in [6, 6.07) is 1.86. The van der Waals surface area contributed by atoms with Crippen molar-refractivity contribution in [3.05, 3.63) is 22.5 Å². The van der Waals surface area contributed by atoms with Crippen molar-refractivity contribution in [3.63, 3.8) is 0 Å². The van der Waals surface area contributed by atoms with Crippen LogP contribution in [0.2, 0.25) is 5.15 Å². The van der Waals surface area contributed by atoms with Gasteiger partial charge in [-0.15, -0.1) is 5.10 Å². The minimum Gasteiger partial charge on any atom is -0.154 e. The van der Waals surface area contributed by atoms with E-state index < -0.39 is 0 Å². The molecule has 0 aliphatic rings. The molecule has 1 rings (SSSR count). The fraction of sp³-hybridized carbons (Fsp3) is 0.556. The molecule has 0 N–H and O–H groups in total. The minimum absolute atomic E-state index is 0.467. The van der Waals surface area contributed by atoms with E-state index in [4.69, 9.17) is 11.6 Å². The standard InChI is InChI=1S/C9H13ClN2/c1-4-6(2)9-7(3)5-8(10)11-12-9/h5-6H,4H2,1-3H3. The van der Waals surface area contributed by atoms with Crippen molar-refractivity contribution in [2.45, 2.75) is 33.1 Å². The highest BCUT2D eigenvalue weighted by atomic mass is 35.5. The van der Waals surface area contributed by atoms with Crippen LogP contribution in [0.3, 0.4) is 0 Å². The van der Waals surface area contributed by atoms with E-state index in [0.29, 0.717) is 11.1 Å². The average molecular weight is 185 g/mol. The molecule has 1 aromatic heterocycles. The Bertz CT molecular complexity index is 273. The molecule has 12 heavy (non-hydrogen) atoms. The van der Waals surface area contributed by atoms with Crippen LogP contribution in [0.15, 0.2) is 6.07 Å². The Kier molecular flexibility index (Phi) is 3.04. The second kappa shape index (κ2) is 3.85. The predicted octanol–water partition coefficient (Wildman–Crippen LogP) is 2.95. The van der Waals surface area contributed by atoms with E-state index >= 15 is 0 Å². The van der Waals surface area contributed by atoms with Crippen molar-refractivity contribution in [1.29, 1.82) is 0 Å². The molecule has 1 unspecified atom stereocenters. The number of aromatic nitrogens is 2. The Morgan fingerprint density at radius 2 is 2.17 bits per heavy atom. The van der Waals surface area contributed by atoms with Gasteiger partial charge in [-0.2, -0.15) is 5.10 Å². The first-order chi connectivity index (χ1) is 5.65. The maximum atomic E-state index is 5.69. The van der Waals surface area contributed by atoms with Gasteiger partial charge in [-0.3, -0.25) is 0 Å². The summed E-state index contributed by atoms with van der Waals surface area (Å²) >= 11 is 5.69. The van der Waals surface area contributed by atoms with Gasteiger partial charge >= 0.3 is 0 Å². The van der Waals surface area contributed by atoms with Crippen molar-refractivity contribution in [1.82, 2.24) is 10.2 Å². The van der Waals surface area contributed by atoms with Crippen molar-refractivity contribution in [3.8, 4) is 0 Å². The fourth-order valence-corrected chi connectivity index (χ4v) is 1.34. The van der Waals surface area contributed by atoms with E-state index in [9.17, 15) is 0 Å². The molecular weight excluding hydrogens is 172 g/mol. The SMILES string of the molecule is CCC(C)c1nnc(Cl)cc1C. The maximum Gasteiger partial charge on any atom is 0.151 e. The van der Waals surface area contributed by atoms with Crippen molar-refractivity contribution in [2.75, 3.05) is 0 Å². The number of hydrogen-bond acceptors (Lipinski definition) is 2. The first kappa shape index (κ1) is 9.46. The highest BCUT2D eigenvalue weighted by molar-refractivity contribution is 6.29. The van der Waals surface area contributed by atoms with Crippen LogP contribution < -0.4 is 0 Å². The topological polar surface area (TPSA) is 25.8 Å². The number of hydrogen-bond donors (Lipinski definition) is 0. The molecule has 0 radical (unpaired) electrons. The van der Waals surface area contributed by atoms with Crippen LogP contribution in [0.25, 0.3) is 0 Å². The summed E-state index contributed by atoms with van der Waals surface area (Å²) in [4.78, 5) is 0. The van der Waals surface area contributed by atoms with Gasteiger partial charge in [0.15, 0.2) is 5.15 Å². The lowest BCUT2D eigenvalue weighted by Gasteiger charge is -2.09. The summed E-state index contributed by atoms with van der Waals surface area (Å²) < 4.78 is 0. The Labute approximate surface area is 78.0 Å². The Hall–Kier alpha value is -0.630. The number of halogens is 1. The number of aryl methyl sites for hydroxylation is 1. The molecule has 66 valence electrons. The molecule has 0 saturated heterocycles. The zero-order valence-electron chi connectivity index (χ0n) is 7.63. The number of nitrogens with zero attached hydrogens (tertiary/aromatic N) is 2. The summed E-state index contributed by atoms with van der Waals surface area (Å²) in [7, 11) is 0. The molecule has 0 aliphatic heterocycles. The summed E-state index contributed by atoms with van der Waals surface area (Å²) in [6.45, 7) is 6.30. The van der Waals surface area contributed by atoms with Gasteiger partial charge in [-0.25, -0.2) is 0 Å². The summed E-state index contributed by atoms with van der Waals surface area (Å²) in [6.07, 6.45) is 1.08. The predicted molar refractivity (Wildman–Crippen MR) is 50.5 cm³/mol. The quantitative estimate of drug-likeness (QED) is 0.707. The lowest BCUT2D eigenvalue weighted by molar-refractivity contribution is 0.684. The van der Waals surface area contributed by atoms with Crippen LogP contribution >= 0.6 is 11.6 Å². The molecule has 0 spiro atoms. The van der Waals surface area contributed by atoms with Crippen molar-refractivity contribution < 1.29 is 0 Å². The molecule has 1 aromatic rings. The molecule has 0 fully saturated rings. The molecule has 1 heterocycles. The van der Waals surface area contributed by atoms with Crippen molar-refractivity contribution >= 4 is 11.6 Å². The van der Waals surface area contributed by atoms with E-state index in [-0.39, 0.29) is 0 Å². The van der Waals surface area contributed by atoms with Crippen LogP contribution in [-0.4, -0.2) is 10.2 Å². The minimum atomic E-state index is 0.467. The van der Waals surface area contributed by atoms with E-state index in [1.54, 1.807) is 0 Å². The average Bonchev–Trinajstić information content (AvgIpc) is 2.03. The monoisotopic (exact) mass is 184 g/mol. The van der Waals surface area contributed by atoms with Crippen LogP contribution in [0.4, 0.5) is 0 Å². The van der Waals surface area contributed by atoms with Gasteiger partial charge in [0.1, 0.15) is 0 Å². The zero-order valence-corrected chi connectivity index (χ0v) is 8.39. The van der Waals surface area contributed by atoms with Crippen LogP contribution in [0.1, 0.15) is 37.4 Å². The molecule has 0 saturated carbocycles. The van der Waals surface area contributed by atoms with Crippen LogP contribution in [-0.2, 0) is 0 Å². The Morgan fingerprint density at radius 3 is 2.67 bits per heavy atom. The molecule has 0 aromatic carbocycles. The second-order valence-corrected chi connectivity index (χ2v) is 3.43. The molecule has 3 heteroatoms. The van der Waals surface area contributed by atoms with Gasteiger partial charge in [-0.1, -0.05) is 25.4 Å². The highest BCUT2D eigenvalue weighted by Crippen LogP contribution is 2.20. The summed E-state index contributed by atoms with van der Waals surface area (Å²) in [5.74, 6) is 0.467. The molecular formula is C9H13ClN2. The van der Waals surface area contributed by atoms with E-state index in [0.717, 1.165) is 17.7 Å². The number of rotatable bonds is 2. The molecule has 0 amide bonds. The van der Waals surface area contributed by atoms with Gasteiger partial charge in [0.2, 0.25) is 0 Å². The van der Waals surface area contributed by atoms with Crippen molar-refractivity contribution in [2.24, 2.45) is 0 Å². The van der Waals surface area contributed by atoms with Gasteiger partial charge in [0.05, 0.1) is 5.69 Å². The van der Waals surface area contributed by atoms with Gasteiger partial charge < -0.3 is 0 Å². The smallest absolute Gasteiger partial charge is 0.151 e. The van der Waals surface area contributed by atoms with Gasteiger partial charge in [0.25, 0.3) is 0 Å². The third kappa shape index (κ3) is 1.95. The summed E-state index contributed by atoms with van der Waals surface area (Å²) in [5.41, 5.74) is 2.19. The molecule has 2 nitrogen and oxygen atoms in total. The Morgan fingerprint density at radius 1 is 1.50 bits per heavy atom. The Balaban J connectivity index is 3.01. The highest BCUT2D eigenvalue weighted by Gasteiger charge is 2.08. The van der Waals surface area contributed by atoms with E-state index in [1.165, 1.54) is 0 Å². The molecule has 0 bridgehead atoms. The lowest BCUT2D eigenvalue weighted by Crippen LogP contribution is -2.00. The fourth-order valence-electron chi connectivity index (χ4n) is 1.14. The lowest BCUT2D eigenvalue weighted by atomic mass is 10.0. The normalized spacial score (nSPS) is 13.0. The van der Waals surface area contributed by atoms with E-state index in [1.807, 2.05) is 13.0 Å². The summed E-state index contributed by atoms with van der Waals surface area (Å²) in [5, 5.41) is 8.36. The molecule has 1 atom stereocenters. The van der Waals surface area contributed by atoms with Gasteiger partial charge in [-0.05, 0) is 25.0 Å². The zero-order chi connectivity index (χ0) is 9.14. The largest absolute Gasteiger partial charge is 0.154 e. The molecule has 0 aliphatic carbocycles. The first-order valence-corrected chi connectivity index (χ1v) is 4.52. The van der Waals surface area contributed by atoms with Gasteiger partial charge in [0, 0.05) is 5.92 Å².